The molecule has 0 radical (unpaired) electrons. The van der Waals surface area contributed by atoms with E-state index in [-0.39, 0.29) is 53.3 Å². The Labute approximate surface area is 272 Å². The normalized spacial score (nSPS) is 36.8. The van der Waals surface area contributed by atoms with Gasteiger partial charge >= 0.3 is 11.9 Å². The molecule has 10 heteroatoms. The minimum absolute atomic E-state index is 0.0648. The zero-order valence-corrected chi connectivity index (χ0v) is 27.3. The number of hydrogen-bond donors (Lipinski definition) is 3. The molecule has 0 saturated carbocycles. The van der Waals surface area contributed by atoms with Crippen molar-refractivity contribution in [2.45, 2.75) is 121 Å². The smallest absolute Gasteiger partial charge is 0.334 e. The molecule has 0 aromatic rings. The quantitative estimate of drug-likeness (QED) is 0.148. The molecule has 5 rings (SSSR count). The highest BCUT2D eigenvalue weighted by molar-refractivity contribution is 5.94. The lowest BCUT2D eigenvalue weighted by atomic mass is 9.82. The number of nitrogens with one attached hydrogen (secondary N) is 2. The van der Waals surface area contributed by atoms with Crippen LogP contribution in [0.2, 0.25) is 0 Å². The summed E-state index contributed by atoms with van der Waals surface area (Å²) < 4.78 is 17.0. The molecule has 0 bridgehead atoms. The van der Waals surface area contributed by atoms with Crippen LogP contribution in [0.1, 0.15) is 90.9 Å². The summed E-state index contributed by atoms with van der Waals surface area (Å²) in [6.45, 7) is 12.9. The van der Waals surface area contributed by atoms with Gasteiger partial charge in [-0.05, 0) is 77.0 Å². The molecule has 10 nitrogen and oxygen atoms in total. The third kappa shape index (κ3) is 7.65. The van der Waals surface area contributed by atoms with Gasteiger partial charge in [0.2, 0.25) is 11.8 Å². The van der Waals surface area contributed by atoms with Crippen LogP contribution in [0.15, 0.2) is 47.6 Å². The molecular weight excluding hydrogens is 588 g/mol. The molecule has 3 saturated heterocycles. The third-order valence-electron chi connectivity index (χ3n) is 10.6. The first kappa shape index (κ1) is 34.1. The zero-order valence-electron chi connectivity index (χ0n) is 27.3. The molecule has 3 fully saturated rings. The number of esters is 2. The zero-order chi connectivity index (χ0) is 33.0. The Hall–Kier alpha value is -3.24. The summed E-state index contributed by atoms with van der Waals surface area (Å²) in [6, 6.07) is 0. The van der Waals surface area contributed by atoms with Crippen molar-refractivity contribution >= 4 is 23.8 Å². The molecular formula is C36H50N2O8. The van der Waals surface area contributed by atoms with Gasteiger partial charge in [-0.3, -0.25) is 9.59 Å². The van der Waals surface area contributed by atoms with E-state index in [1.807, 2.05) is 26.0 Å². The van der Waals surface area contributed by atoms with Crippen molar-refractivity contribution in [3.8, 4) is 0 Å². The van der Waals surface area contributed by atoms with Crippen molar-refractivity contribution < 1.29 is 38.5 Å². The molecule has 0 aromatic carbocycles. The van der Waals surface area contributed by atoms with Gasteiger partial charge in [-0.25, -0.2) is 9.59 Å². The largest absolute Gasteiger partial charge is 0.456 e. The molecule has 8 atom stereocenters. The molecule has 3 heterocycles. The van der Waals surface area contributed by atoms with Crippen LogP contribution in [0.5, 0.6) is 0 Å². The Kier molecular flexibility index (Phi) is 10.9. The monoisotopic (exact) mass is 638 g/mol. The van der Waals surface area contributed by atoms with E-state index < -0.39 is 18.2 Å². The Morgan fingerprint density at radius 1 is 0.848 bits per heavy atom. The van der Waals surface area contributed by atoms with E-state index in [2.05, 4.69) is 23.8 Å². The lowest BCUT2D eigenvalue weighted by Gasteiger charge is -2.28. The summed E-state index contributed by atoms with van der Waals surface area (Å²) in [5.41, 5.74) is 1.97. The first-order chi connectivity index (χ1) is 22.0. The van der Waals surface area contributed by atoms with Crippen LogP contribution in [0.4, 0.5) is 0 Å². The van der Waals surface area contributed by atoms with Crippen molar-refractivity contribution in [2.24, 2.45) is 17.8 Å². The highest BCUT2D eigenvalue weighted by Gasteiger charge is 2.61. The number of hydrogen-bond acceptors (Lipinski definition) is 8. The first-order valence-corrected chi connectivity index (χ1v) is 17.1. The molecule has 3 aliphatic heterocycles. The predicted octanol–water partition coefficient (Wildman–Crippen LogP) is 4.13. The lowest BCUT2D eigenvalue weighted by molar-refractivity contribution is -0.146. The van der Waals surface area contributed by atoms with Crippen LogP contribution in [-0.4, -0.2) is 72.0 Å². The maximum Gasteiger partial charge on any atom is 0.334 e. The Morgan fingerprint density at radius 3 is 1.96 bits per heavy atom. The number of allylic oxidation sites excluding steroid dienone is 2. The highest BCUT2D eigenvalue weighted by atomic mass is 16.6. The van der Waals surface area contributed by atoms with E-state index in [1.165, 1.54) is 0 Å². The molecule has 0 spiro atoms. The third-order valence-corrected chi connectivity index (χ3v) is 10.6. The number of aliphatic hydroxyl groups excluding tert-OH is 1. The number of carbonyl (C=O) groups excluding carboxylic acids is 4. The number of unbranched alkanes of at least 4 members (excludes halogenated alkanes) is 3. The summed E-state index contributed by atoms with van der Waals surface area (Å²) in [6.07, 6.45) is 10.8. The number of fused-ring (bicyclic) bond motifs is 4. The van der Waals surface area contributed by atoms with E-state index in [9.17, 15) is 24.3 Å². The molecule has 5 aliphatic rings. The minimum Gasteiger partial charge on any atom is -0.456 e. The molecule has 0 unspecified atom stereocenters. The second kappa shape index (κ2) is 14.7. The van der Waals surface area contributed by atoms with E-state index >= 15 is 0 Å². The minimum atomic E-state index is -0.744. The second-order valence-electron chi connectivity index (χ2n) is 13.9. The summed E-state index contributed by atoms with van der Waals surface area (Å²) in [4.78, 5) is 50.3. The van der Waals surface area contributed by atoms with Crippen LogP contribution in [0, 0.1) is 17.8 Å². The Bertz CT molecular complexity index is 1300. The summed E-state index contributed by atoms with van der Waals surface area (Å²) in [5, 5.41) is 16.8. The van der Waals surface area contributed by atoms with Crippen LogP contribution in [0.3, 0.4) is 0 Å². The lowest BCUT2D eigenvalue weighted by Crippen LogP contribution is -2.37. The first-order valence-electron chi connectivity index (χ1n) is 17.1. The van der Waals surface area contributed by atoms with Crippen LogP contribution in [-0.2, 0) is 33.4 Å². The van der Waals surface area contributed by atoms with Gasteiger partial charge in [-0.2, -0.15) is 0 Å². The van der Waals surface area contributed by atoms with E-state index in [4.69, 9.17) is 14.2 Å². The number of ether oxygens (including phenoxy) is 3. The topological polar surface area (TPSA) is 144 Å². The maximum absolute atomic E-state index is 13.0. The number of carbonyl (C=O) groups is 4. The molecule has 46 heavy (non-hydrogen) atoms. The summed E-state index contributed by atoms with van der Waals surface area (Å²) >= 11 is 0. The SMILES string of the molecule is C=C1C(=O)O[C@@H]2[C@H](O)[C@@H](C)CC/C=C(/C(=O)NCCCCCCNC(=O)/C3=C/CC[C@@]4(C)O[C@H]4[C@H]4OC(=O)C(=C)[C@@H]4CC3)CC[C@@H]12. The number of rotatable bonds is 9. The van der Waals surface area contributed by atoms with Gasteiger partial charge in [-0.1, -0.05) is 45.1 Å². The molecule has 2 amide bonds. The molecule has 2 aliphatic carbocycles. The molecule has 3 N–H and O–H groups in total. The van der Waals surface area contributed by atoms with Gasteiger partial charge in [0.1, 0.15) is 18.3 Å². The standard InChI is InChI=1S/C36H50N2O8/c1-21-11-9-12-24(14-16-26-22(2)34(42)44-29(26)28(21)39)32(40)37-19-7-5-6-8-20-38-33(41)25-13-10-18-36(4)31(46-36)30-27(17-15-25)23(3)35(43)45-30/h12-13,21,26-31,39H,2-3,5-11,14-20H2,1,4H3,(H,37,40)(H,38,41)/b24-12+,25-13+/t21-,26-,27-,28+,29-,30-,31-,36+/m0/s1. The van der Waals surface area contributed by atoms with E-state index in [0.717, 1.165) is 44.1 Å². The van der Waals surface area contributed by atoms with Gasteiger partial charge < -0.3 is 30.0 Å². The van der Waals surface area contributed by atoms with Gasteiger partial charge in [0, 0.05) is 47.2 Å². The Morgan fingerprint density at radius 2 is 1.37 bits per heavy atom. The summed E-state index contributed by atoms with van der Waals surface area (Å²) in [5.74, 6) is -1.46. The van der Waals surface area contributed by atoms with Crippen molar-refractivity contribution in [3.63, 3.8) is 0 Å². The fourth-order valence-corrected chi connectivity index (χ4v) is 7.41. The van der Waals surface area contributed by atoms with E-state index in [0.29, 0.717) is 68.3 Å². The van der Waals surface area contributed by atoms with Crippen molar-refractivity contribution in [3.05, 3.63) is 47.6 Å². The predicted molar refractivity (Wildman–Crippen MR) is 171 cm³/mol. The van der Waals surface area contributed by atoms with Crippen molar-refractivity contribution in [1.29, 1.82) is 0 Å². The summed E-state index contributed by atoms with van der Waals surface area (Å²) in [7, 11) is 0. The van der Waals surface area contributed by atoms with Crippen LogP contribution in [0.25, 0.3) is 0 Å². The van der Waals surface area contributed by atoms with Crippen LogP contribution < -0.4 is 10.6 Å². The molecule has 0 aromatic heterocycles. The van der Waals surface area contributed by atoms with E-state index in [1.54, 1.807) is 0 Å². The number of amides is 2. The second-order valence-corrected chi connectivity index (χ2v) is 13.9. The van der Waals surface area contributed by atoms with Gasteiger partial charge in [0.25, 0.3) is 0 Å². The average Bonchev–Trinajstić information content (AvgIpc) is 3.51. The average molecular weight is 639 g/mol. The van der Waals surface area contributed by atoms with Crippen LogP contribution >= 0.6 is 0 Å². The van der Waals surface area contributed by atoms with Crippen molar-refractivity contribution in [1.82, 2.24) is 10.6 Å². The number of aliphatic hydroxyl groups is 1. The van der Waals surface area contributed by atoms with Gasteiger partial charge in [-0.15, -0.1) is 0 Å². The van der Waals surface area contributed by atoms with Gasteiger partial charge in [0.05, 0.1) is 11.7 Å². The van der Waals surface area contributed by atoms with Gasteiger partial charge in [0.15, 0.2) is 0 Å². The van der Waals surface area contributed by atoms with Crippen molar-refractivity contribution in [2.75, 3.05) is 13.1 Å². The maximum atomic E-state index is 13.0. The Balaban J connectivity index is 0.998. The fourth-order valence-electron chi connectivity index (χ4n) is 7.41. The highest BCUT2D eigenvalue weighted by Crippen LogP contribution is 2.49. The number of epoxide rings is 1. The molecule has 252 valence electrons. The fraction of sp³-hybridized carbons (Fsp3) is 0.667.